The molecule has 0 radical (unpaired) electrons. The molecule has 9 heteroatoms. The molecule has 20 heavy (non-hydrogen) atoms. The van der Waals surface area contributed by atoms with Gasteiger partial charge in [0.2, 0.25) is 5.76 Å². The standard InChI is InChI=1S/C11H6BrF3N2O3/c1-20-8-7(12)9(18)17(10(8)19)6-4-5(2-3-16-6)11(13,14)15/h2-4H,1H3. The van der Waals surface area contributed by atoms with Gasteiger partial charge in [0.1, 0.15) is 10.3 Å². The average molecular weight is 351 g/mol. The zero-order valence-corrected chi connectivity index (χ0v) is 11.4. The van der Waals surface area contributed by atoms with Crippen molar-refractivity contribution in [2.45, 2.75) is 6.18 Å². The van der Waals surface area contributed by atoms with Gasteiger partial charge < -0.3 is 4.74 Å². The summed E-state index contributed by atoms with van der Waals surface area (Å²) in [7, 11) is 1.17. The maximum atomic E-state index is 12.6. The molecule has 0 unspecified atom stereocenters. The quantitative estimate of drug-likeness (QED) is 0.767. The minimum Gasteiger partial charge on any atom is -0.490 e. The van der Waals surface area contributed by atoms with Gasteiger partial charge in [0.15, 0.2) is 0 Å². The molecule has 0 N–H and O–H groups in total. The number of ether oxygens (including phenoxy) is 1. The number of hydrogen-bond donors (Lipinski definition) is 0. The highest BCUT2D eigenvalue weighted by molar-refractivity contribution is 9.12. The third kappa shape index (κ3) is 2.28. The van der Waals surface area contributed by atoms with Crippen LogP contribution >= 0.6 is 15.9 Å². The molecule has 0 saturated heterocycles. The second-order valence-electron chi connectivity index (χ2n) is 3.69. The highest BCUT2D eigenvalue weighted by Gasteiger charge is 2.41. The summed E-state index contributed by atoms with van der Waals surface area (Å²) in [5.74, 6) is -2.41. The van der Waals surface area contributed by atoms with Crippen molar-refractivity contribution in [2.75, 3.05) is 12.0 Å². The minimum absolute atomic E-state index is 0.163. The topological polar surface area (TPSA) is 59.5 Å². The third-order valence-corrected chi connectivity index (χ3v) is 3.19. The molecule has 0 aliphatic carbocycles. The number of imide groups is 1. The first-order valence-corrected chi connectivity index (χ1v) is 5.92. The van der Waals surface area contributed by atoms with E-state index in [1.807, 2.05) is 0 Å². The van der Waals surface area contributed by atoms with Crippen molar-refractivity contribution in [2.24, 2.45) is 0 Å². The van der Waals surface area contributed by atoms with E-state index in [0.717, 1.165) is 12.3 Å². The predicted molar refractivity (Wildman–Crippen MR) is 64.7 cm³/mol. The number of amides is 2. The number of anilines is 1. The molecule has 5 nitrogen and oxygen atoms in total. The fraction of sp³-hybridized carbons (Fsp3) is 0.182. The Morgan fingerprint density at radius 1 is 1.30 bits per heavy atom. The Balaban J connectivity index is 2.45. The van der Waals surface area contributed by atoms with Crippen molar-refractivity contribution in [1.82, 2.24) is 4.98 Å². The molecule has 106 valence electrons. The van der Waals surface area contributed by atoms with Gasteiger partial charge in [-0.05, 0) is 28.1 Å². The Morgan fingerprint density at radius 3 is 2.45 bits per heavy atom. The van der Waals surface area contributed by atoms with Crippen molar-refractivity contribution >= 4 is 33.6 Å². The molecule has 1 aromatic rings. The summed E-state index contributed by atoms with van der Waals surface area (Å²) in [4.78, 5) is 27.9. The molecule has 2 heterocycles. The molecule has 1 aliphatic rings. The molecule has 0 spiro atoms. The lowest BCUT2D eigenvalue weighted by atomic mass is 10.2. The molecule has 2 amide bonds. The molecule has 1 aliphatic heterocycles. The van der Waals surface area contributed by atoms with Crippen LogP contribution in [0.25, 0.3) is 0 Å². The fourth-order valence-electron chi connectivity index (χ4n) is 1.58. The SMILES string of the molecule is COC1=C(Br)C(=O)N(c2cc(C(F)(F)F)ccn2)C1=O. The summed E-state index contributed by atoms with van der Waals surface area (Å²) >= 11 is 2.86. The van der Waals surface area contributed by atoms with Gasteiger partial charge in [0.25, 0.3) is 5.91 Å². The summed E-state index contributed by atoms with van der Waals surface area (Å²) in [5.41, 5.74) is -1.01. The lowest BCUT2D eigenvalue weighted by molar-refractivity contribution is -0.137. The molecule has 0 bridgehead atoms. The molecule has 2 rings (SSSR count). The number of rotatable bonds is 2. The van der Waals surface area contributed by atoms with Crippen LogP contribution in [0.4, 0.5) is 19.0 Å². The molecular weight excluding hydrogens is 345 g/mol. The fourth-order valence-corrected chi connectivity index (χ4v) is 2.09. The van der Waals surface area contributed by atoms with Gasteiger partial charge in [-0.15, -0.1) is 0 Å². The molecule has 1 aromatic heterocycles. The van der Waals surface area contributed by atoms with E-state index in [1.165, 1.54) is 7.11 Å². The van der Waals surface area contributed by atoms with Gasteiger partial charge >= 0.3 is 12.1 Å². The number of methoxy groups -OCH3 is 1. The second-order valence-corrected chi connectivity index (χ2v) is 4.49. The van der Waals surface area contributed by atoms with Crippen LogP contribution in [0.1, 0.15) is 5.56 Å². The van der Waals surface area contributed by atoms with E-state index in [9.17, 15) is 22.8 Å². The first-order chi connectivity index (χ1) is 9.27. The monoisotopic (exact) mass is 350 g/mol. The highest BCUT2D eigenvalue weighted by Crippen LogP contribution is 2.33. The van der Waals surface area contributed by atoms with E-state index in [4.69, 9.17) is 4.74 Å². The smallest absolute Gasteiger partial charge is 0.416 e. The third-order valence-electron chi connectivity index (χ3n) is 2.49. The maximum Gasteiger partial charge on any atom is 0.416 e. The van der Waals surface area contributed by atoms with Gasteiger partial charge in [0, 0.05) is 6.20 Å². The molecule has 0 aromatic carbocycles. The van der Waals surface area contributed by atoms with E-state index >= 15 is 0 Å². The van der Waals surface area contributed by atoms with Crippen LogP contribution in [0.3, 0.4) is 0 Å². The number of halogens is 4. The minimum atomic E-state index is -4.60. The number of pyridine rings is 1. The van der Waals surface area contributed by atoms with E-state index < -0.39 is 29.4 Å². The maximum absolute atomic E-state index is 12.6. The number of hydrogen-bond acceptors (Lipinski definition) is 4. The second kappa shape index (κ2) is 4.89. The Kier molecular flexibility index (Phi) is 3.55. The Hall–Kier alpha value is -1.90. The number of aromatic nitrogens is 1. The van der Waals surface area contributed by atoms with Crippen LogP contribution < -0.4 is 4.90 Å². The summed E-state index contributed by atoms with van der Waals surface area (Å²) in [5, 5.41) is 0. The largest absolute Gasteiger partial charge is 0.490 e. The Labute approximate surface area is 119 Å². The van der Waals surface area contributed by atoms with Crippen LogP contribution in [0.15, 0.2) is 28.6 Å². The highest BCUT2D eigenvalue weighted by atomic mass is 79.9. The van der Waals surface area contributed by atoms with Gasteiger partial charge in [-0.1, -0.05) is 0 Å². The van der Waals surface area contributed by atoms with E-state index in [1.54, 1.807) is 0 Å². The van der Waals surface area contributed by atoms with Gasteiger partial charge in [-0.3, -0.25) is 9.59 Å². The van der Waals surface area contributed by atoms with Gasteiger partial charge in [-0.2, -0.15) is 13.2 Å². The van der Waals surface area contributed by atoms with Crippen molar-refractivity contribution in [3.8, 4) is 0 Å². The zero-order chi connectivity index (χ0) is 15.1. The summed E-state index contributed by atoms with van der Waals surface area (Å²) in [6, 6.07) is 1.36. The number of carbonyl (C=O) groups is 2. The van der Waals surface area contributed by atoms with Crippen molar-refractivity contribution in [1.29, 1.82) is 0 Å². The van der Waals surface area contributed by atoms with E-state index in [2.05, 4.69) is 20.9 Å². The van der Waals surface area contributed by atoms with Crippen LogP contribution in [-0.4, -0.2) is 23.9 Å². The van der Waals surface area contributed by atoms with Crippen LogP contribution in [0.2, 0.25) is 0 Å². The molecular formula is C11H6BrF3N2O3. The van der Waals surface area contributed by atoms with Crippen molar-refractivity contribution in [3.63, 3.8) is 0 Å². The van der Waals surface area contributed by atoms with Crippen LogP contribution in [-0.2, 0) is 20.5 Å². The lowest BCUT2D eigenvalue weighted by Gasteiger charge is -2.15. The summed E-state index contributed by atoms with van der Waals surface area (Å²) < 4.78 is 42.4. The number of carbonyl (C=O) groups excluding carboxylic acids is 2. The van der Waals surface area contributed by atoms with Crippen molar-refractivity contribution < 1.29 is 27.5 Å². The number of nitrogens with zero attached hydrogens (tertiary/aromatic N) is 2. The Bertz CT molecular complexity index is 628. The van der Waals surface area contributed by atoms with Gasteiger partial charge in [-0.25, -0.2) is 9.88 Å². The molecule has 0 fully saturated rings. The normalized spacial score (nSPS) is 16.1. The Morgan fingerprint density at radius 2 is 1.95 bits per heavy atom. The average Bonchev–Trinajstić information content (AvgIpc) is 2.59. The zero-order valence-electron chi connectivity index (χ0n) is 9.86. The summed E-state index contributed by atoms with van der Waals surface area (Å²) in [6.07, 6.45) is -3.73. The van der Waals surface area contributed by atoms with Crippen molar-refractivity contribution in [3.05, 3.63) is 34.1 Å². The first-order valence-electron chi connectivity index (χ1n) is 5.13. The van der Waals surface area contributed by atoms with Gasteiger partial charge in [0.05, 0.1) is 12.7 Å². The lowest BCUT2D eigenvalue weighted by Crippen LogP contribution is -2.32. The van der Waals surface area contributed by atoms with E-state index in [-0.39, 0.29) is 10.2 Å². The van der Waals surface area contributed by atoms with Crippen LogP contribution in [0.5, 0.6) is 0 Å². The van der Waals surface area contributed by atoms with E-state index in [0.29, 0.717) is 11.0 Å². The number of alkyl halides is 3. The molecule has 0 saturated carbocycles. The predicted octanol–water partition coefficient (Wildman–Crippen LogP) is 2.23. The first kappa shape index (κ1) is 14.5. The van der Waals surface area contributed by atoms with Crippen LogP contribution in [0, 0.1) is 0 Å². The molecule has 0 atom stereocenters. The summed E-state index contributed by atoms with van der Waals surface area (Å²) in [6.45, 7) is 0.